The number of aromatic nitrogens is 4. The first kappa shape index (κ1) is 19.9. The van der Waals surface area contributed by atoms with Crippen LogP contribution in [0.4, 0.5) is 23.7 Å². The van der Waals surface area contributed by atoms with Gasteiger partial charge in [-0.2, -0.15) is 18.3 Å². The number of amides is 2. The normalized spacial score (nSPS) is 16.6. The van der Waals surface area contributed by atoms with Gasteiger partial charge in [-0.1, -0.05) is 13.8 Å². The first-order valence-electron chi connectivity index (χ1n) is 8.79. The van der Waals surface area contributed by atoms with Gasteiger partial charge in [-0.05, 0) is 6.42 Å². The van der Waals surface area contributed by atoms with Crippen LogP contribution in [-0.4, -0.2) is 38.9 Å². The van der Waals surface area contributed by atoms with Gasteiger partial charge in [0.15, 0.2) is 5.82 Å². The molecule has 1 unspecified atom stereocenters. The molecule has 2 aromatic rings. The Morgan fingerprint density at radius 1 is 1.39 bits per heavy atom. The van der Waals surface area contributed by atoms with Crippen molar-refractivity contribution in [1.29, 1.82) is 0 Å². The summed E-state index contributed by atoms with van der Waals surface area (Å²) in [6.07, 6.45) is -2.31. The number of hydrogen-bond donors (Lipinski definition) is 2. The van der Waals surface area contributed by atoms with Gasteiger partial charge in [0.25, 0.3) is 0 Å². The number of methoxy groups -OCH3 is 1. The Hall–Kier alpha value is -2.85. The molecule has 0 spiro atoms. The summed E-state index contributed by atoms with van der Waals surface area (Å²) in [6, 6.07) is 0.00542. The van der Waals surface area contributed by atoms with E-state index in [9.17, 15) is 18.0 Å². The van der Waals surface area contributed by atoms with Crippen LogP contribution in [-0.2, 0) is 19.1 Å². The number of alkyl halides is 3. The van der Waals surface area contributed by atoms with Gasteiger partial charge in [0.05, 0.1) is 25.9 Å². The van der Waals surface area contributed by atoms with Crippen LogP contribution < -0.4 is 15.4 Å². The third kappa shape index (κ3) is 4.34. The number of nitrogens with zero attached hydrogens (tertiary/aromatic N) is 4. The van der Waals surface area contributed by atoms with E-state index in [0.29, 0.717) is 19.4 Å². The van der Waals surface area contributed by atoms with E-state index in [4.69, 9.17) is 4.74 Å². The Morgan fingerprint density at radius 2 is 2.14 bits per heavy atom. The lowest BCUT2D eigenvalue weighted by Gasteiger charge is -2.23. The van der Waals surface area contributed by atoms with Gasteiger partial charge >= 0.3 is 12.2 Å². The highest BCUT2D eigenvalue weighted by Gasteiger charge is 2.33. The van der Waals surface area contributed by atoms with Gasteiger partial charge < -0.3 is 15.4 Å². The van der Waals surface area contributed by atoms with Gasteiger partial charge in [-0.25, -0.2) is 19.4 Å². The van der Waals surface area contributed by atoms with Crippen molar-refractivity contribution in [1.82, 2.24) is 25.1 Å². The van der Waals surface area contributed by atoms with Crippen molar-refractivity contribution in [2.45, 2.75) is 51.4 Å². The molecule has 1 aliphatic heterocycles. The Balaban J connectivity index is 1.64. The van der Waals surface area contributed by atoms with Crippen molar-refractivity contribution >= 4 is 11.7 Å². The maximum Gasteiger partial charge on any atom is 0.433 e. The standard InChI is InChI=1S/C17H21F3N6O2/c1-9(2)15-24-14-5-4-10(8-26(14)25-15)22-16(27)23-11-7-21-13(17(18,19)20)6-12(11)28-3/h6-7,9-10H,4-5,8H2,1-3H3,(H2,22,23,27). The molecular formula is C17H21F3N6O2. The summed E-state index contributed by atoms with van der Waals surface area (Å²) in [7, 11) is 1.22. The number of halogens is 3. The molecule has 2 N–H and O–H groups in total. The number of hydrogen-bond acceptors (Lipinski definition) is 5. The summed E-state index contributed by atoms with van der Waals surface area (Å²) >= 11 is 0. The zero-order valence-electron chi connectivity index (χ0n) is 15.7. The second kappa shape index (κ2) is 7.64. The minimum absolute atomic E-state index is 0.0485. The highest BCUT2D eigenvalue weighted by molar-refractivity contribution is 5.90. The van der Waals surface area contributed by atoms with E-state index in [2.05, 4.69) is 25.7 Å². The number of anilines is 1. The lowest BCUT2D eigenvalue weighted by Crippen LogP contribution is -2.43. The fourth-order valence-electron chi connectivity index (χ4n) is 2.89. The Bertz CT molecular complexity index is 865. The van der Waals surface area contributed by atoms with Crippen molar-refractivity contribution in [3.05, 3.63) is 29.6 Å². The van der Waals surface area contributed by atoms with Gasteiger partial charge in [-0.15, -0.1) is 0 Å². The number of pyridine rings is 1. The number of carbonyl (C=O) groups is 1. The van der Waals surface area contributed by atoms with Crippen LogP contribution >= 0.6 is 0 Å². The van der Waals surface area contributed by atoms with Crippen molar-refractivity contribution in [3.8, 4) is 5.75 Å². The molecule has 8 nitrogen and oxygen atoms in total. The van der Waals surface area contributed by atoms with E-state index in [-0.39, 0.29) is 23.4 Å². The van der Waals surface area contributed by atoms with Crippen LogP contribution in [0.1, 0.15) is 43.5 Å². The SMILES string of the molecule is COc1cc(C(F)(F)F)ncc1NC(=O)NC1CCc2nc(C(C)C)nn2C1. The molecule has 0 fully saturated rings. The highest BCUT2D eigenvalue weighted by atomic mass is 19.4. The van der Waals surface area contributed by atoms with Crippen molar-refractivity contribution in [2.75, 3.05) is 12.4 Å². The van der Waals surface area contributed by atoms with Crippen LogP contribution in [0.5, 0.6) is 5.75 Å². The molecular weight excluding hydrogens is 377 g/mol. The van der Waals surface area contributed by atoms with Gasteiger partial charge in [0, 0.05) is 18.4 Å². The van der Waals surface area contributed by atoms with Crippen molar-refractivity contribution < 1.29 is 22.7 Å². The number of aryl methyl sites for hydroxylation is 1. The lowest BCUT2D eigenvalue weighted by atomic mass is 10.1. The lowest BCUT2D eigenvalue weighted by molar-refractivity contribution is -0.141. The number of ether oxygens (including phenoxy) is 1. The number of fused-ring (bicyclic) bond motifs is 1. The first-order chi connectivity index (χ1) is 13.2. The zero-order valence-corrected chi connectivity index (χ0v) is 15.7. The minimum Gasteiger partial charge on any atom is -0.494 e. The monoisotopic (exact) mass is 398 g/mol. The van der Waals surface area contributed by atoms with Crippen LogP contribution in [0.3, 0.4) is 0 Å². The Kier molecular flexibility index (Phi) is 5.43. The van der Waals surface area contributed by atoms with E-state index >= 15 is 0 Å². The summed E-state index contributed by atoms with van der Waals surface area (Å²) in [5.41, 5.74) is -1.05. The van der Waals surface area contributed by atoms with E-state index in [0.717, 1.165) is 23.9 Å². The maximum absolute atomic E-state index is 12.7. The molecule has 0 aromatic carbocycles. The number of rotatable bonds is 4. The Labute approximate surface area is 159 Å². The maximum atomic E-state index is 12.7. The third-order valence-electron chi connectivity index (χ3n) is 4.35. The number of urea groups is 1. The molecule has 28 heavy (non-hydrogen) atoms. The van der Waals surface area contributed by atoms with Gasteiger partial charge in [0.1, 0.15) is 23.0 Å². The molecule has 11 heteroatoms. The van der Waals surface area contributed by atoms with E-state index in [1.807, 2.05) is 13.8 Å². The summed E-state index contributed by atoms with van der Waals surface area (Å²) in [5.74, 6) is 1.74. The average molecular weight is 398 g/mol. The largest absolute Gasteiger partial charge is 0.494 e. The van der Waals surface area contributed by atoms with Crippen molar-refractivity contribution in [3.63, 3.8) is 0 Å². The van der Waals surface area contributed by atoms with Gasteiger partial charge in [-0.3, -0.25) is 0 Å². The van der Waals surface area contributed by atoms with Gasteiger partial charge in [0.2, 0.25) is 0 Å². The third-order valence-corrected chi connectivity index (χ3v) is 4.35. The fourth-order valence-corrected chi connectivity index (χ4v) is 2.89. The first-order valence-corrected chi connectivity index (χ1v) is 8.79. The summed E-state index contributed by atoms with van der Waals surface area (Å²) < 4.78 is 45.0. The van der Waals surface area contributed by atoms with E-state index in [1.165, 1.54) is 7.11 Å². The molecule has 0 saturated heterocycles. The molecule has 0 bridgehead atoms. The number of carbonyl (C=O) groups excluding carboxylic acids is 1. The average Bonchev–Trinajstić information content (AvgIpc) is 3.04. The predicted octanol–water partition coefficient (Wildman–Crippen LogP) is 2.96. The minimum atomic E-state index is -4.60. The Morgan fingerprint density at radius 3 is 2.79 bits per heavy atom. The van der Waals surface area contributed by atoms with Crippen LogP contribution in [0, 0.1) is 0 Å². The predicted molar refractivity (Wildman–Crippen MR) is 94.2 cm³/mol. The summed E-state index contributed by atoms with van der Waals surface area (Å²) in [5, 5.41) is 9.73. The quantitative estimate of drug-likeness (QED) is 0.826. The summed E-state index contributed by atoms with van der Waals surface area (Å²) in [6.45, 7) is 4.50. The molecule has 1 aliphatic rings. The zero-order chi connectivity index (χ0) is 20.5. The molecule has 152 valence electrons. The molecule has 0 saturated carbocycles. The second-order valence-corrected chi connectivity index (χ2v) is 6.82. The van der Waals surface area contributed by atoms with Crippen LogP contribution in [0.25, 0.3) is 0 Å². The van der Waals surface area contributed by atoms with Crippen molar-refractivity contribution in [2.24, 2.45) is 0 Å². The van der Waals surface area contributed by atoms with E-state index < -0.39 is 17.9 Å². The fraction of sp³-hybridized carbons (Fsp3) is 0.529. The smallest absolute Gasteiger partial charge is 0.433 e. The van der Waals surface area contributed by atoms with Crippen LogP contribution in [0.15, 0.2) is 12.3 Å². The molecule has 3 rings (SSSR count). The topological polar surface area (TPSA) is 94.0 Å². The molecule has 2 amide bonds. The molecule has 3 heterocycles. The highest BCUT2D eigenvalue weighted by Crippen LogP contribution is 2.33. The molecule has 0 aliphatic carbocycles. The molecule has 2 aromatic heterocycles. The van der Waals surface area contributed by atoms with Crippen LogP contribution in [0.2, 0.25) is 0 Å². The molecule has 0 radical (unpaired) electrons. The molecule has 1 atom stereocenters. The summed E-state index contributed by atoms with van der Waals surface area (Å²) in [4.78, 5) is 20.1. The second-order valence-electron chi connectivity index (χ2n) is 6.82. The number of nitrogens with one attached hydrogen (secondary N) is 2. The van der Waals surface area contributed by atoms with E-state index in [1.54, 1.807) is 4.68 Å².